The molecule has 38 heavy (non-hydrogen) atoms. The van der Waals surface area contributed by atoms with Crippen molar-refractivity contribution in [1.29, 1.82) is 0 Å². The van der Waals surface area contributed by atoms with E-state index in [0.717, 1.165) is 18.9 Å². The fourth-order valence-corrected chi connectivity index (χ4v) is 4.27. The smallest absolute Gasteiger partial charge is 0.356 e. The zero-order valence-electron chi connectivity index (χ0n) is 21.3. The van der Waals surface area contributed by atoms with Crippen molar-refractivity contribution >= 4 is 23.5 Å². The van der Waals surface area contributed by atoms with Gasteiger partial charge in [0.15, 0.2) is 0 Å². The molecule has 1 aliphatic heterocycles. The Kier molecular flexibility index (Phi) is 8.29. The molecule has 3 aromatic rings. The van der Waals surface area contributed by atoms with Gasteiger partial charge in [0.25, 0.3) is 5.91 Å². The Morgan fingerprint density at radius 3 is 2.39 bits per heavy atom. The summed E-state index contributed by atoms with van der Waals surface area (Å²) in [6.45, 7) is 5.12. The van der Waals surface area contributed by atoms with E-state index >= 15 is 0 Å². The molecule has 1 aromatic carbocycles. The van der Waals surface area contributed by atoms with E-state index < -0.39 is 17.8 Å². The number of pyridine rings is 2. The Hall–Kier alpha value is -3.95. The number of nitrogens with one attached hydrogen (secondary N) is 2. The van der Waals surface area contributed by atoms with E-state index in [1.807, 2.05) is 11.0 Å². The minimum atomic E-state index is -4.55. The molecular weight excluding hydrogens is 495 g/mol. The average Bonchev–Trinajstić information content (AvgIpc) is 2.92. The van der Waals surface area contributed by atoms with E-state index in [9.17, 15) is 22.8 Å². The van der Waals surface area contributed by atoms with Gasteiger partial charge in [-0.2, -0.15) is 13.2 Å². The van der Waals surface area contributed by atoms with Crippen molar-refractivity contribution < 1.29 is 22.8 Å². The van der Waals surface area contributed by atoms with Crippen LogP contribution in [-0.2, 0) is 17.5 Å². The summed E-state index contributed by atoms with van der Waals surface area (Å²) in [5, 5.41) is 5.54. The van der Waals surface area contributed by atoms with E-state index in [-0.39, 0.29) is 24.2 Å². The molecule has 1 unspecified atom stereocenters. The van der Waals surface area contributed by atoms with Gasteiger partial charge in [0.1, 0.15) is 17.3 Å². The van der Waals surface area contributed by atoms with Crippen LogP contribution < -0.4 is 15.5 Å². The molecule has 0 radical (unpaired) electrons. The number of carbonyl (C=O) groups is 2. The largest absolute Gasteiger partial charge is 0.433 e. The molecule has 7 nitrogen and oxygen atoms in total. The molecule has 10 heteroatoms. The van der Waals surface area contributed by atoms with Crippen LogP contribution in [0.15, 0.2) is 60.8 Å². The Morgan fingerprint density at radius 2 is 1.76 bits per heavy atom. The fourth-order valence-electron chi connectivity index (χ4n) is 4.27. The summed E-state index contributed by atoms with van der Waals surface area (Å²) in [6.07, 6.45) is -1.29. The molecule has 0 bridgehead atoms. The van der Waals surface area contributed by atoms with Crippen molar-refractivity contribution in [2.45, 2.75) is 45.3 Å². The monoisotopic (exact) mass is 525 g/mol. The molecule has 2 aromatic heterocycles. The molecule has 2 amide bonds. The summed E-state index contributed by atoms with van der Waals surface area (Å²) in [5.74, 6) is -0.0334. The van der Waals surface area contributed by atoms with Crippen LogP contribution in [0.25, 0.3) is 0 Å². The summed E-state index contributed by atoms with van der Waals surface area (Å²) in [6, 6.07) is 14.4. The third-order valence-electron chi connectivity index (χ3n) is 6.74. The minimum Gasteiger partial charge on any atom is -0.356 e. The van der Waals surface area contributed by atoms with Crippen LogP contribution >= 0.6 is 0 Å². The van der Waals surface area contributed by atoms with Gasteiger partial charge in [-0.25, -0.2) is 9.97 Å². The van der Waals surface area contributed by atoms with E-state index in [1.54, 1.807) is 43.3 Å². The Bertz CT molecular complexity index is 1260. The van der Waals surface area contributed by atoms with Gasteiger partial charge in [-0.05, 0) is 55.5 Å². The van der Waals surface area contributed by atoms with Crippen LogP contribution in [0.1, 0.15) is 59.8 Å². The lowest BCUT2D eigenvalue weighted by Crippen LogP contribution is -2.35. The summed E-state index contributed by atoms with van der Waals surface area (Å²) in [5.41, 5.74) is 0.726. The van der Waals surface area contributed by atoms with Crippen molar-refractivity contribution in [2.24, 2.45) is 5.92 Å². The number of amides is 2. The maximum absolute atomic E-state index is 13.3. The second-order valence-corrected chi connectivity index (χ2v) is 9.58. The minimum absolute atomic E-state index is 0.0499. The molecular formula is C28H30F3N5O2. The first-order valence-electron chi connectivity index (χ1n) is 12.5. The predicted octanol–water partition coefficient (Wildman–Crippen LogP) is 5.40. The lowest BCUT2D eigenvalue weighted by Gasteiger charge is -2.33. The molecule has 1 atom stereocenters. The van der Waals surface area contributed by atoms with Crippen LogP contribution in [-0.4, -0.2) is 34.9 Å². The first-order valence-corrected chi connectivity index (χ1v) is 12.5. The van der Waals surface area contributed by atoms with Gasteiger partial charge in [-0.3, -0.25) is 9.59 Å². The average molecular weight is 526 g/mol. The number of aromatic nitrogens is 2. The molecule has 0 spiro atoms. The van der Waals surface area contributed by atoms with Crippen molar-refractivity contribution in [3.63, 3.8) is 0 Å². The zero-order valence-corrected chi connectivity index (χ0v) is 21.3. The van der Waals surface area contributed by atoms with Crippen molar-refractivity contribution in [3.8, 4) is 0 Å². The maximum Gasteiger partial charge on any atom is 0.433 e. The Morgan fingerprint density at radius 1 is 1.05 bits per heavy atom. The predicted molar refractivity (Wildman–Crippen MR) is 139 cm³/mol. The lowest BCUT2D eigenvalue weighted by atomic mass is 9.99. The van der Waals surface area contributed by atoms with Crippen LogP contribution in [0.5, 0.6) is 0 Å². The summed E-state index contributed by atoms with van der Waals surface area (Å²) in [7, 11) is 0. The zero-order chi connectivity index (χ0) is 27.3. The number of alkyl halides is 3. The SMILES string of the molecule is CC1CCN(c2nc(C(F)(F)F)ccc2CNC(=O)C(C)c2ccc(NC(=O)c3ccccc3)nc2)CC1. The second kappa shape index (κ2) is 11.6. The summed E-state index contributed by atoms with van der Waals surface area (Å²) >= 11 is 0. The molecule has 1 saturated heterocycles. The number of piperidine rings is 1. The standard InChI is InChI=1S/C28H30F3N5O2/c1-18-12-14-36(15-13-18)25-22(8-10-23(34-25)28(29,30)31)17-33-26(37)19(2)21-9-11-24(32-16-21)35-27(38)20-6-4-3-5-7-20/h3-11,16,18-19H,12-15,17H2,1-2H3,(H,33,37)(H,32,35,38). The molecule has 0 aliphatic carbocycles. The highest BCUT2D eigenvalue weighted by molar-refractivity contribution is 6.03. The van der Waals surface area contributed by atoms with Crippen molar-refractivity contribution in [3.05, 3.63) is 83.2 Å². The number of hydrogen-bond acceptors (Lipinski definition) is 5. The fraction of sp³-hybridized carbons (Fsp3) is 0.357. The number of nitrogens with zero attached hydrogens (tertiary/aromatic N) is 3. The quantitative estimate of drug-likeness (QED) is 0.431. The van der Waals surface area contributed by atoms with Gasteiger partial charge in [-0.1, -0.05) is 37.3 Å². The van der Waals surface area contributed by atoms with Gasteiger partial charge in [0, 0.05) is 37.0 Å². The third kappa shape index (κ3) is 6.67. The molecule has 3 heterocycles. The van der Waals surface area contributed by atoms with Gasteiger partial charge in [0.2, 0.25) is 5.91 Å². The summed E-state index contributed by atoms with van der Waals surface area (Å²) < 4.78 is 40.0. The highest BCUT2D eigenvalue weighted by Crippen LogP contribution is 2.32. The number of benzene rings is 1. The van der Waals surface area contributed by atoms with E-state index in [1.165, 1.54) is 12.3 Å². The molecule has 0 saturated carbocycles. The van der Waals surface area contributed by atoms with Gasteiger partial charge >= 0.3 is 6.18 Å². The van der Waals surface area contributed by atoms with Crippen molar-refractivity contribution in [1.82, 2.24) is 15.3 Å². The lowest BCUT2D eigenvalue weighted by molar-refractivity contribution is -0.141. The van der Waals surface area contributed by atoms with Crippen molar-refractivity contribution in [2.75, 3.05) is 23.3 Å². The van der Waals surface area contributed by atoms with E-state index in [0.29, 0.717) is 41.5 Å². The van der Waals surface area contributed by atoms with Gasteiger partial charge in [-0.15, -0.1) is 0 Å². The summed E-state index contributed by atoms with van der Waals surface area (Å²) in [4.78, 5) is 35.3. The number of carbonyl (C=O) groups excluding carboxylic acids is 2. The third-order valence-corrected chi connectivity index (χ3v) is 6.74. The van der Waals surface area contributed by atoms with Crippen LogP contribution in [0.2, 0.25) is 0 Å². The molecule has 1 fully saturated rings. The van der Waals surface area contributed by atoms with Gasteiger partial charge in [0.05, 0.1) is 5.92 Å². The molecule has 1 aliphatic rings. The molecule has 2 N–H and O–H groups in total. The van der Waals surface area contributed by atoms with E-state index in [4.69, 9.17) is 0 Å². The first-order chi connectivity index (χ1) is 18.1. The number of hydrogen-bond donors (Lipinski definition) is 2. The number of anilines is 2. The molecule has 4 rings (SSSR count). The Labute approximate surface area is 219 Å². The van der Waals surface area contributed by atoms with Crippen LogP contribution in [0.4, 0.5) is 24.8 Å². The maximum atomic E-state index is 13.3. The number of halogens is 3. The number of rotatable bonds is 7. The first kappa shape index (κ1) is 27.1. The Balaban J connectivity index is 1.41. The topological polar surface area (TPSA) is 87.2 Å². The van der Waals surface area contributed by atoms with Gasteiger partial charge < -0.3 is 15.5 Å². The van der Waals surface area contributed by atoms with Crippen LogP contribution in [0.3, 0.4) is 0 Å². The highest BCUT2D eigenvalue weighted by atomic mass is 19.4. The highest BCUT2D eigenvalue weighted by Gasteiger charge is 2.34. The van der Waals surface area contributed by atoms with Crippen LogP contribution in [0, 0.1) is 5.92 Å². The molecule has 200 valence electrons. The van der Waals surface area contributed by atoms with E-state index in [2.05, 4.69) is 27.5 Å². The normalized spacial score (nSPS) is 15.1. The second-order valence-electron chi connectivity index (χ2n) is 9.58.